The molecule has 2 aromatic carbocycles. The zero-order valence-corrected chi connectivity index (χ0v) is 15.8. The highest BCUT2D eigenvalue weighted by Crippen LogP contribution is 2.42. The SMILES string of the molecule is CN1C(=O)C[C@H](c2ccccc2)[C@@H]1C(O)c1ccc(-c2ccc(O)cc2)s1. The van der Waals surface area contributed by atoms with E-state index in [0.717, 1.165) is 20.9 Å². The van der Waals surface area contributed by atoms with Crippen molar-refractivity contribution in [1.29, 1.82) is 0 Å². The Morgan fingerprint density at radius 3 is 2.44 bits per heavy atom. The molecule has 1 aromatic heterocycles. The van der Waals surface area contributed by atoms with Crippen LogP contribution in [0.1, 0.15) is 28.9 Å². The van der Waals surface area contributed by atoms with Crippen molar-refractivity contribution >= 4 is 17.2 Å². The van der Waals surface area contributed by atoms with Gasteiger partial charge in [0.25, 0.3) is 0 Å². The lowest BCUT2D eigenvalue weighted by molar-refractivity contribution is -0.128. The number of rotatable bonds is 4. The Bertz CT molecular complexity index is 936. The fourth-order valence-corrected chi connectivity index (χ4v) is 4.84. The number of likely N-dealkylation sites (tertiary alicyclic amines) is 1. The molecule has 3 atom stereocenters. The molecular formula is C22H21NO3S. The maximum absolute atomic E-state index is 12.4. The van der Waals surface area contributed by atoms with Crippen LogP contribution in [-0.4, -0.2) is 34.1 Å². The molecule has 1 aliphatic rings. The number of hydrogen-bond donors (Lipinski definition) is 2. The molecule has 1 saturated heterocycles. The Morgan fingerprint density at radius 2 is 1.74 bits per heavy atom. The first-order valence-electron chi connectivity index (χ1n) is 8.92. The van der Waals surface area contributed by atoms with E-state index in [1.54, 1.807) is 24.1 Å². The van der Waals surface area contributed by atoms with E-state index in [9.17, 15) is 15.0 Å². The summed E-state index contributed by atoms with van der Waals surface area (Å²) in [5, 5.41) is 20.6. The van der Waals surface area contributed by atoms with Gasteiger partial charge >= 0.3 is 0 Å². The number of carbonyl (C=O) groups is 1. The second-order valence-electron chi connectivity index (χ2n) is 6.91. The fraction of sp³-hybridized carbons (Fsp3) is 0.227. The van der Waals surface area contributed by atoms with Gasteiger partial charge in [-0.1, -0.05) is 30.3 Å². The van der Waals surface area contributed by atoms with Crippen molar-refractivity contribution in [2.24, 2.45) is 0 Å². The molecule has 4 nitrogen and oxygen atoms in total. The van der Waals surface area contributed by atoms with E-state index in [0.29, 0.717) is 6.42 Å². The van der Waals surface area contributed by atoms with Crippen molar-refractivity contribution in [3.8, 4) is 16.2 Å². The Kier molecular flexibility index (Phi) is 4.72. The first kappa shape index (κ1) is 17.8. The predicted molar refractivity (Wildman–Crippen MR) is 107 cm³/mol. The average molecular weight is 379 g/mol. The predicted octanol–water partition coefficient (Wildman–Crippen LogP) is 4.17. The van der Waals surface area contributed by atoms with Crippen LogP contribution in [0.15, 0.2) is 66.7 Å². The Morgan fingerprint density at radius 1 is 1.04 bits per heavy atom. The smallest absolute Gasteiger partial charge is 0.223 e. The molecule has 4 rings (SSSR count). The molecule has 2 N–H and O–H groups in total. The number of hydrogen-bond acceptors (Lipinski definition) is 4. The average Bonchev–Trinajstić information content (AvgIpc) is 3.28. The standard InChI is InChI=1S/C22H21NO3S/c1-23-20(25)13-17(14-5-3-2-4-6-14)21(23)22(26)19-12-11-18(27-19)15-7-9-16(24)10-8-15/h2-12,17,21-22,24,26H,13H2,1H3/t17-,21-,22?/m1/s1. The first-order valence-corrected chi connectivity index (χ1v) is 9.74. The highest BCUT2D eigenvalue weighted by Gasteiger charge is 2.43. The van der Waals surface area contributed by atoms with Crippen LogP contribution in [0, 0.1) is 0 Å². The molecule has 0 aliphatic carbocycles. The fourth-order valence-electron chi connectivity index (χ4n) is 3.80. The van der Waals surface area contributed by atoms with Crippen LogP contribution in [-0.2, 0) is 4.79 Å². The zero-order chi connectivity index (χ0) is 19.0. The van der Waals surface area contributed by atoms with Gasteiger partial charge in [-0.05, 0) is 47.5 Å². The van der Waals surface area contributed by atoms with Crippen molar-refractivity contribution < 1.29 is 15.0 Å². The van der Waals surface area contributed by atoms with Crippen molar-refractivity contribution in [3.63, 3.8) is 0 Å². The van der Waals surface area contributed by atoms with Gasteiger partial charge in [-0.25, -0.2) is 0 Å². The second kappa shape index (κ2) is 7.18. The number of benzene rings is 2. The van der Waals surface area contributed by atoms with E-state index in [2.05, 4.69) is 0 Å². The summed E-state index contributed by atoms with van der Waals surface area (Å²) in [7, 11) is 1.77. The zero-order valence-electron chi connectivity index (χ0n) is 14.9. The minimum atomic E-state index is -0.748. The summed E-state index contributed by atoms with van der Waals surface area (Å²) in [6, 6.07) is 20.6. The number of phenols is 1. The summed E-state index contributed by atoms with van der Waals surface area (Å²) in [6.45, 7) is 0. The Labute approximate surface area is 162 Å². The van der Waals surface area contributed by atoms with Crippen molar-refractivity contribution in [3.05, 3.63) is 77.2 Å². The molecule has 0 radical (unpaired) electrons. The number of phenolic OH excluding ortho intramolecular Hbond substituents is 1. The van der Waals surface area contributed by atoms with E-state index < -0.39 is 6.10 Å². The molecular weight excluding hydrogens is 358 g/mol. The minimum absolute atomic E-state index is 0.0297. The van der Waals surface area contributed by atoms with Gasteiger partial charge in [0, 0.05) is 29.1 Å². The minimum Gasteiger partial charge on any atom is -0.508 e. The summed E-state index contributed by atoms with van der Waals surface area (Å²) in [4.78, 5) is 15.9. The number of aliphatic hydroxyl groups is 1. The van der Waals surface area contributed by atoms with Gasteiger partial charge in [-0.2, -0.15) is 0 Å². The van der Waals surface area contributed by atoms with Gasteiger partial charge < -0.3 is 15.1 Å². The first-order chi connectivity index (χ1) is 13.0. The normalized spacial score (nSPS) is 20.8. The molecule has 27 heavy (non-hydrogen) atoms. The molecule has 0 saturated carbocycles. The number of likely N-dealkylation sites (N-methyl/N-ethyl adjacent to an activating group) is 1. The third-order valence-corrected chi connectivity index (χ3v) is 6.47. The second-order valence-corrected chi connectivity index (χ2v) is 8.03. The number of carbonyl (C=O) groups excluding carboxylic acids is 1. The summed E-state index contributed by atoms with van der Waals surface area (Å²) in [5.74, 6) is 0.258. The number of aromatic hydroxyl groups is 1. The Hall–Kier alpha value is -2.63. The maximum atomic E-state index is 12.4. The summed E-state index contributed by atoms with van der Waals surface area (Å²) in [5.41, 5.74) is 2.07. The van der Waals surface area contributed by atoms with Gasteiger partial charge in [0.15, 0.2) is 0 Å². The maximum Gasteiger partial charge on any atom is 0.223 e. The lowest BCUT2D eigenvalue weighted by Crippen LogP contribution is -2.36. The van der Waals surface area contributed by atoms with Crippen molar-refractivity contribution in [2.45, 2.75) is 24.5 Å². The number of aliphatic hydroxyl groups excluding tert-OH is 1. The van der Waals surface area contributed by atoms with Crippen LogP contribution in [0.5, 0.6) is 5.75 Å². The summed E-state index contributed by atoms with van der Waals surface area (Å²) in [6.07, 6.45) is -0.333. The third kappa shape index (κ3) is 3.36. The summed E-state index contributed by atoms with van der Waals surface area (Å²) >= 11 is 1.52. The third-order valence-electron chi connectivity index (χ3n) is 5.27. The molecule has 138 valence electrons. The van der Waals surface area contributed by atoms with Gasteiger partial charge in [0.1, 0.15) is 11.9 Å². The van der Waals surface area contributed by atoms with Crippen molar-refractivity contribution in [1.82, 2.24) is 4.90 Å². The molecule has 0 spiro atoms. The van der Waals surface area contributed by atoms with E-state index in [1.807, 2.05) is 54.6 Å². The van der Waals surface area contributed by atoms with Gasteiger partial charge in [0.05, 0.1) is 6.04 Å². The molecule has 1 amide bonds. The van der Waals surface area contributed by atoms with Crippen LogP contribution in [0.3, 0.4) is 0 Å². The van der Waals surface area contributed by atoms with E-state index >= 15 is 0 Å². The molecule has 5 heteroatoms. The van der Waals surface area contributed by atoms with Crippen LogP contribution < -0.4 is 0 Å². The molecule has 0 bridgehead atoms. The summed E-state index contributed by atoms with van der Waals surface area (Å²) < 4.78 is 0. The van der Waals surface area contributed by atoms with Gasteiger partial charge in [-0.15, -0.1) is 11.3 Å². The number of thiophene rings is 1. The van der Waals surface area contributed by atoms with Crippen LogP contribution in [0.25, 0.3) is 10.4 Å². The van der Waals surface area contributed by atoms with Crippen LogP contribution in [0.4, 0.5) is 0 Å². The van der Waals surface area contributed by atoms with Crippen LogP contribution >= 0.6 is 11.3 Å². The topological polar surface area (TPSA) is 60.8 Å². The highest BCUT2D eigenvalue weighted by atomic mass is 32.1. The molecule has 1 aliphatic heterocycles. The quantitative estimate of drug-likeness (QED) is 0.715. The molecule has 1 unspecified atom stereocenters. The van der Waals surface area contributed by atoms with Gasteiger partial charge in [-0.3, -0.25) is 4.79 Å². The number of amides is 1. The Balaban J connectivity index is 1.63. The molecule has 1 fully saturated rings. The molecule has 3 aromatic rings. The van der Waals surface area contributed by atoms with Crippen molar-refractivity contribution in [2.75, 3.05) is 7.05 Å². The van der Waals surface area contributed by atoms with E-state index in [1.165, 1.54) is 11.3 Å². The monoisotopic (exact) mass is 379 g/mol. The van der Waals surface area contributed by atoms with Crippen LogP contribution in [0.2, 0.25) is 0 Å². The van der Waals surface area contributed by atoms with E-state index in [-0.39, 0.29) is 23.6 Å². The number of nitrogens with zero attached hydrogens (tertiary/aromatic N) is 1. The highest BCUT2D eigenvalue weighted by molar-refractivity contribution is 7.15. The lowest BCUT2D eigenvalue weighted by Gasteiger charge is -2.29. The molecule has 2 heterocycles. The van der Waals surface area contributed by atoms with Gasteiger partial charge in [0.2, 0.25) is 5.91 Å². The largest absolute Gasteiger partial charge is 0.508 e. The lowest BCUT2D eigenvalue weighted by atomic mass is 9.88. The van der Waals surface area contributed by atoms with E-state index in [4.69, 9.17) is 0 Å².